The normalized spacial score (nSPS) is 10.7. The van der Waals surface area contributed by atoms with E-state index in [9.17, 15) is 4.79 Å². The fraction of sp³-hybridized carbons (Fsp3) is 0.727. The second-order valence-electron chi connectivity index (χ2n) is 3.01. The lowest BCUT2D eigenvalue weighted by atomic mass is 10.3. The minimum Gasteiger partial charge on any atom is -0.382 e. The van der Waals surface area contributed by atoms with Crippen LogP contribution in [-0.4, -0.2) is 25.7 Å². The molecule has 0 saturated heterocycles. The van der Waals surface area contributed by atoms with Crippen molar-refractivity contribution in [2.24, 2.45) is 0 Å². The van der Waals surface area contributed by atoms with Gasteiger partial charge in [0.1, 0.15) is 0 Å². The second kappa shape index (κ2) is 10.3. The third-order valence-electron chi connectivity index (χ3n) is 1.77. The molecule has 0 aromatic carbocycles. The number of carbonyl (C=O) groups is 1. The Morgan fingerprint density at radius 2 is 2.29 bits per heavy atom. The maximum absolute atomic E-state index is 11.2. The lowest BCUT2D eigenvalue weighted by molar-refractivity contribution is -0.121. The van der Waals surface area contributed by atoms with Gasteiger partial charge in [-0.05, 0) is 26.7 Å². The van der Waals surface area contributed by atoms with Gasteiger partial charge in [0, 0.05) is 26.2 Å². The molecule has 0 atom stereocenters. The molecule has 0 aromatic rings. The highest BCUT2D eigenvalue weighted by molar-refractivity contribution is 5.75. The van der Waals surface area contributed by atoms with Crippen molar-refractivity contribution in [2.75, 3.05) is 19.8 Å². The first-order chi connectivity index (χ1) is 6.81. The van der Waals surface area contributed by atoms with Crippen molar-refractivity contribution < 1.29 is 9.53 Å². The Labute approximate surface area is 86.5 Å². The van der Waals surface area contributed by atoms with E-state index in [-0.39, 0.29) is 5.91 Å². The third kappa shape index (κ3) is 9.26. The Balaban J connectivity index is 3.19. The lowest BCUT2D eigenvalue weighted by Crippen LogP contribution is -2.24. The summed E-state index contributed by atoms with van der Waals surface area (Å²) in [5, 5.41) is 2.85. The SMILES string of the molecule is C/C=C/CCNC(=O)CCCOCC. The molecule has 0 aliphatic rings. The number of allylic oxidation sites excluding steroid dienone is 1. The van der Waals surface area contributed by atoms with Gasteiger partial charge >= 0.3 is 0 Å². The summed E-state index contributed by atoms with van der Waals surface area (Å²) in [6.45, 7) is 6.07. The number of rotatable bonds is 8. The highest BCUT2D eigenvalue weighted by Gasteiger charge is 1.98. The van der Waals surface area contributed by atoms with Gasteiger partial charge in [0.25, 0.3) is 0 Å². The standard InChI is InChI=1S/C11H21NO2/c1-3-5-6-9-12-11(13)8-7-10-14-4-2/h3,5H,4,6-10H2,1-2H3,(H,12,13)/b5-3+. The van der Waals surface area contributed by atoms with Crippen molar-refractivity contribution in [2.45, 2.75) is 33.1 Å². The molecule has 0 spiro atoms. The van der Waals surface area contributed by atoms with E-state index in [1.165, 1.54) is 0 Å². The molecule has 0 fully saturated rings. The fourth-order valence-electron chi connectivity index (χ4n) is 1.03. The van der Waals surface area contributed by atoms with Crippen LogP contribution < -0.4 is 5.32 Å². The summed E-state index contributed by atoms with van der Waals surface area (Å²) in [6, 6.07) is 0. The van der Waals surface area contributed by atoms with Gasteiger partial charge < -0.3 is 10.1 Å². The van der Waals surface area contributed by atoms with E-state index < -0.39 is 0 Å². The molecular formula is C11H21NO2. The first kappa shape index (κ1) is 13.2. The predicted octanol–water partition coefficient (Wildman–Crippen LogP) is 1.89. The summed E-state index contributed by atoms with van der Waals surface area (Å²) in [6.07, 6.45) is 6.31. The van der Waals surface area contributed by atoms with Gasteiger partial charge in [-0.3, -0.25) is 4.79 Å². The van der Waals surface area contributed by atoms with Crippen molar-refractivity contribution in [1.82, 2.24) is 5.32 Å². The largest absolute Gasteiger partial charge is 0.382 e. The van der Waals surface area contributed by atoms with Crippen LogP contribution in [0.2, 0.25) is 0 Å². The van der Waals surface area contributed by atoms with E-state index in [0.717, 1.165) is 26.0 Å². The van der Waals surface area contributed by atoms with Crippen molar-refractivity contribution in [3.8, 4) is 0 Å². The molecule has 3 heteroatoms. The first-order valence-electron chi connectivity index (χ1n) is 5.26. The Hall–Kier alpha value is -0.830. The average Bonchev–Trinajstić information content (AvgIpc) is 2.19. The van der Waals surface area contributed by atoms with Crippen LogP contribution in [0.5, 0.6) is 0 Å². The van der Waals surface area contributed by atoms with Gasteiger partial charge in [-0.15, -0.1) is 0 Å². The van der Waals surface area contributed by atoms with Crippen LogP contribution in [0.4, 0.5) is 0 Å². The van der Waals surface area contributed by atoms with Crippen LogP contribution in [0.3, 0.4) is 0 Å². The fourth-order valence-corrected chi connectivity index (χ4v) is 1.03. The quantitative estimate of drug-likeness (QED) is 0.479. The Morgan fingerprint density at radius 1 is 1.50 bits per heavy atom. The lowest BCUT2D eigenvalue weighted by Gasteiger charge is -2.03. The summed E-state index contributed by atoms with van der Waals surface area (Å²) in [5.41, 5.74) is 0. The molecule has 1 amide bonds. The van der Waals surface area contributed by atoms with Crippen molar-refractivity contribution >= 4 is 5.91 Å². The molecule has 0 heterocycles. The van der Waals surface area contributed by atoms with Crippen LogP contribution in [0.25, 0.3) is 0 Å². The zero-order chi connectivity index (χ0) is 10.6. The number of nitrogens with one attached hydrogen (secondary N) is 1. The van der Waals surface area contributed by atoms with E-state index in [1.807, 2.05) is 26.0 Å². The van der Waals surface area contributed by atoms with E-state index in [2.05, 4.69) is 5.32 Å². The summed E-state index contributed by atoms with van der Waals surface area (Å²) >= 11 is 0. The molecule has 0 radical (unpaired) electrons. The number of hydrogen-bond donors (Lipinski definition) is 1. The second-order valence-corrected chi connectivity index (χ2v) is 3.01. The van der Waals surface area contributed by atoms with Gasteiger partial charge in [-0.1, -0.05) is 12.2 Å². The van der Waals surface area contributed by atoms with Crippen LogP contribution in [0, 0.1) is 0 Å². The molecule has 0 saturated carbocycles. The molecular weight excluding hydrogens is 178 g/mol. The van der Waals surface area contributed by atoms with Crippen LogP contribution in [0.1, 0.15) is 33.1 Å². The van der Waals surface area contributed by atoms with Gasteiger partial charge in [-0.2, -0.15) is 0 Å². The Morgan fingerprint density at radius 3 is 2.93 bits per heavy atom. The molecule has 0 rings (SSSR count). The van der Waals surface area contributed by atoms with Crippen molar-refractivity contribution in [1.29, 1.82) is 0 Å². The van der Waals surface area contributed by atoms with E-state index >= 15 is 0 Å². The molecule has 1 N–H and O–H groups in total. The van der Waals surface area contributed by atoms with Crippen LogP contribution >= 0.6 is 0 Å². The summed E-state index contributed by atoms with van der Waals surface area (Å²) < 4.78 is 5.14. The molecule has 3 nitrogen and oxygen atoms in total. The minimum absolute atomic E-state index is 0.120. The monoisotopic (exact) mass is 199 g/mol. The molecule has 0 unspecified atom stereocenters. The number of ether oxygens (including phenoxy) is 1. The van der Waals surface area contributed by atoms with Crippen LogP contribution in [0.15, 0.2) is 12.2 Å². The zero-order valence-electron chi connectivity index (χ0n) is 9.21. The van der Waals surface area contributed by atoms with Gasteiger partial charge in [0.05, 0.1) is 0 Å². The smallest absolute Gasteiger partial charge is 0.220 e. The van der Waals surface area contributed by atoms with E-state index in [1.54, 1.807) is 0 Å². The topological polar surface area (TPSA) is 38.3 Å². The molecule has 0 aliphatic carbocycles. The Kier molecular flexibility index (Phi) is 9.64. The van der Waals surface area contributed by atoms with E-state index in [0.29, 0.717) is 13.0 Å². The van der Waals surface area contributed by atoms with Crippen molar-refractivity contribution in [3.05, 3.63) is 12.2 Å². The van der Waals surface area contributed by atoms with Gasteiger partial charge in [0.15, 0.2) is 0 Å². The van der Waals surface area contributed by atoms with Gasteiger partial charge in [-0.25, -0.2) is 0 Å². The molecule has 82 valence electrons. The number of amides is 1. The first-order valence-corrected chi connectivity index (χ1v) is 5.26. The molecule has 0 bridgehead atoms. The summed E-state index contributed by atoms with van der Waals surface area (Å²) in [7, 11) is 0. The minimum atomic E-state index is 0.120. The summed E-state index contributed by atoms with van der Waals surface area (Å²) in [4.78, 5) is 11.2. The molecule has 0 aliphatic heterocycles. The molecule has 0 aromatic heterocycles. The maximum Gasteiger partial charge on any atom is 0.220 e. The van der Waals surface area contributed by atoms with Crippen LogP contribution in [-0.2, 0) is 9.53 Å². The average molecular weight is 199 g/mol. The number of carbonyl (C=O) groups excluding carboxylic acids is 1. The predicted molar refractivity (Wildman–Crippen MR) is 58.2 cm³/mol. The molecule has 14 heavy (non-hydrogen) atoms. The van der Waals surface area contributed by atoms with Crippen molar-refractivity contribution in [3.63, 3.8) is 0 Å². The maximum atomic E-state index is 11.2. The zero-order valence-corrected chi connectivity index (χ0v) is 9.21. The number of hydrogen-bond acceptors (Lipinski definition) is 2. The highest BCUT2D eigenvalue weighted by atomic mass is 16.5. The Bertz CT molecular complexity index is 167. The van der Waals surface area contributed by atoms with E-state index in [4.69, 9.17) is 4.74 Å². The third-order valence-corrected chi connectivity index (χ3v) is 1.77. The summed E-state index contributed by atoms with van der Waals surface area (Å²) in [5.74, 6) is 0.120. The highest BCUT2D eigenvalue weighted by Crippen LogP contribution is 1.90. The van der Waals surface area contributed by atoms with Gasteiger partial charge in [0.2, 0.25) is 5.91 Å².